The van der Waals surface area contributed by atoms with Gasteiger partial charge < -0.3 is 5.73 Å². The molecule has 0 spiro atoms. The molecular weight excluding hydrogens is 297 g/mol. The molecule has 0 saturated heterocycles. The van der Waals surface area contributed by atoms with Gasteiger partial charge in [0, 0.05) is 17.8 Å². The van der Waals surface area contributed by atoms with Crippen LogP contribution in [-0.2, 0) is 6.54 Å². The van der Waals surface area contributed by atoms with Crippen LogP contribution in [0.15, 0.2) is 22.7 Å². The number of hydrogen-bond donors (Lipinski definition) is 1. The minimum atomic E-state index is -0.304. The van der Waals surface area contributed by atoms with E-state index in [4.69, 9.17) is 5.73 Å². The molecule has 2 aromatic rings. The van der Waals surface area contributed by atoms with E-state index in [2.05, 4.69) is 25.9 Å². The average Bonchev–Trinajstić information content (AvgIpc) is 2.36. The molecule has 0 atom stereocenters. The summed E-state index contributed by atoms with van der Waals surface area (Å²) < 4.78 is 13.6. The lowest BCUT2D eigenvalue weighted by molar-refractivity contribution is 0.621. The molecule has 0 aliphatic heterocycles. The molecule has 0 saturated carbocycles. The lowest BCUT2D eigenvalue weighted by Gasteiger charge is -2.09. The Bertz CT molecular complexity index is 599. The summed E-state index contributed by atoms with van der Waals surface area (Å²) in [6, 6.07) is 4.71. The Hall–Kier alpha value is -1.33. The second-order valence-electron chi connectivity index (χ2n) is 4.04. The highest BCUT2D eigenvalue weighted by atomic mass is 79.9. The highest BCUT2D eigenvalue weighted by molar-refractivity contribution is 9.10. The Balaban J connectivity index is 2.57. The monoisotopic (exact) mass is 309 g/mol. The van der Waals surface area contributed by atoms with Crippen molar-refractivity contribution in [2.45, 2.75) is 20.4 Å². The van der Waals surface area contributed by atoms with Gasteiger partial charge in [-0.05, 0) is 53.5 Å². The molecule has 0 radical (unpaired) electrons. The van der Waals surface area contributed by atoms with Crippen molar-refractivity contribution in [1.82, 2.24) is 9.97 Å². The number of aryl methyl sites for hydroxylation is 1. The largest absolute Gasteiger partial charge is 0.325 e. The molecule has 1 aromatic heterocycles. The lowest BCUT2D eigenvalue weighted by Crippen LogP contribution is -2.07. The molecule has 5 heteroatoms. The van der Waals surface area contributed by atoms with E-state index in [0.29, 0.717) is 16.8 Å². The van der Waals surface area contributed by atoms with Gasteiger partial charge in [0.2, 0.25) is 0 Å². The molecule has 1 aromatic carbocycles. The molecule has 0 fully saturated rings. The number of rotatable bonds is 2. The van der Waals surface area contributed by atoms with Crippen molar-refractivity contribution < 1.29 is 4.39 Å². The van der Waals surface area contributed by atoms with Gasteiger partial charge in [-0.1, -0.05) is 0 Å². The van der Waals surface area contributed by atoms with Crippen molar-refractivity contribution in [2.24, 2.45) is 5.73 Å². The molecule has 1 heterocycles. The van der Waals surface area contributed by atoms with Crippen molar-refractivity contribution in [1.29, 1.82) is 0 Å². The third kappa shape index (κ3) is 2.42. The summed E-state index contributed by atoms with van der Waals surface area (Å²) in [6.07, 6.45) is 0. The first-order chi connectivity index (χ1) is 8.52. The molecule has 0 amide bonds. The number of hydrogen-bond acceptors (Lipinski definition) is 3. The Labute approximate surface area is 113 Å². The van der Waals surface area contributed by atoms with Crippen LogP contribution in [0.5, 0.6) is 0 Å². The smallest absolute Gasteiger partial charge is 0.159 e. The van der Waals surface area contributed by atoms with E-state index in [1.165, 1.54) is 6.07 Å². The summed E-state index contributed by atoms with van der Waals surface area (Å²) in [5.41, 5.74) is 9.14. The summed E-state index contributed by atoms with van der Waals surface area (Å²) in [6.45, 7) is 4.23. The number of benzene rings is 1. The molecule has 2 N–H and O–H groups in total. The van der Waals surface area contributed by atoms with E-state index >= 15 is 0 Å². The van der Waals surface area contributed by atoms with Gasteiger partial charge in [0.25, 0.3) is 0 Å². The first kappa shape index (κ1) is 13.1. The molecule has 94 valence electrons. The van der Waals surface area contributed by atoms with E-state index in [1.54, 1.807) is 12.1 Å². The van der Waals surface area contributed by atoms with Gasteiger partial charge >= 0.3 is 0 Å². The van der Waals surface area contributed by atoms with Gasteiger partial charge in [-0.15, -0.1) is 0 Å². The third-order valence-corrected chi connectivity index (χ3v) is 3.47. The van der Waals surface area contributed by atoms with Gasteiger partial charge in [0.1, 0.15) is 5.82 Å². The summed E-state index contributed by atoms with van der Waals surface area (Å²) in [5, 5.41) is 0. The summed E-state index contributed by atoms with van der Waals surface area (Å²) in [5.74, 6) is 0.265. The zero-order valence-electron chi connectivity index (χ0n) is 10.2. The fourth-order valence-corrected chi connectivity index (χ4v) is 2.03. The zero-order valence-corrected chi connectivity index (χ0v) is 11.8. The second-order valence-corrected chi connectivity index (χ2v) is 4.89. The Morgan fingerprint density at radius 1 is 1.28 bits per heavy atom. The first-order valence-corrected chi connectivity index (χ1v) is 6.32. The van der Waals surface area contributed by atoms with Crippen LogP contribution in [-0.4, -0.2) is 9.97 Å². The minimum Gasteiger partial charge on any atom is -0.325 e. The minimum absolute atomic E-state index is 0.304. The fraction of sp³-hybridized carbons (Fsp3) is 0.231. The van der Waals surface area contributed by atoms with E-state index < -0.39 is 0 Å². The molecule has 18 heavy (non-hydrogen) atoms. The topological polar surface area (TPSA) is 51.8 Å². The molecule has 2 rings (SSSR count). The maximum Gasteiger partial charge on any atom is 0.159 e. The van der Waals surface area contributed by atoms with E-state index in [9.17, 15) is 4.39 Å². The van der Waals surface area contributed by atoms with Crippen LogP contribution in [0.3, 0.4) is 0 Å². The normalized spacial score (nSPS) is 10.7. The van der Waals surface area contributed by atoms with Crippen molar-refractivity contribution in [3.63, 3.8) is 0 Å². The third-order valence-electron chi connectivity index (χ3n) is 2.86. The number of nitrogens with two attached hydrogens (primary N) is 1. The number of halogens is 2. The average molecular weight is 310 g/mol. The first-order valence-electron chi connectivity index (χ1n) is 5.52. The van der Waals surface area contributed by atoms with Crippen LogP contribution in [0.4, 0.5) is 4.39 Å². The van der Waals surface area contributed by atoms with E-state index in [-0.39, 0.29) is 5.82 Å². The quantitative estimate of drug-likeness (QED) is 0.927. The fourth-order valence-electron chi connectivity index (χ4n) is 1.65. The van der Waals surface area contributed by atoms with Crippen molar-refractivity contribution in [3.05, 3.63) is 45.4 Å². The summed E-state index contributed by atoms with van der Waals surface area (Å²) in [4.78, 5) is 8.83. The Kier molecular flexibility index (Phi) is 3.73. The van der Waals surface area contributed by atoms with Gasteiger partial charge in [0.05, 0.1) is 10.2 Å². The maximum absolute atomic E-state index is 13.2. The van der Waals surface area contributed by atoms with Crippen LogP contribution < -0.4 is 5.73 Å². The van der Waals surface area contributed by atoms with Gasteiger partial charge in [0.15, 0.2) is 5.82 Å². The van der Waals surface area contributed by atoms with Crippen LogP contribution in [0.1, 0.15) is 17.0 Å². The Morgan fingerprint density at radius 2 is 2.00 bits per heavy atom. The van der Waals surface area contributed by atoms with Crippen molar-refractivity contribution in [2.75, 3.05) is 0 Å². The van der Waals surface area contributed by atoms with Crippen molar-refractivity contribution in [3.8, 4) is 11.4 Å². The second kappa shape index (κ2) is 5.12. The van der Waals surface area contributed by atoms with Crippen molar-refractivity contribution >= 4 is 15.9 Å². The molecule has 3 nitrogen and oxygen atoms in total. The van der Waals surface area contributed by atoms with Crippen LogP contribution in [0.2, 0.25) is 0 Å². The Morgan fingerprint density at radius 3 is 2.61 bits per heavy atom. The van der Waals surface area contributed by atoms with Gasteiger partial charge in [-0.2, -0.15) is 0 Å². The number of aromatic nitrogens is 2. The molecular formula is C13H13BrFN3. The molecule has 0 bridgehead atoms. The lowest BCUT2D eigenvalue weighted by atomic mass is 10.1. The van der Waals surface area contributed by atoms with E-state index in [0.717, 1.165) is 22.5 Å². The zero-order chi connectivity index (χ0) is 13.3. The SMILES string of the molecule is Cc1nc(-c2ccc(F)c(Br)c2)nc(CN)c1C. The highest BCUT2D eigenvalue weighted by Crippen LogP contribution is 2.24. The molecule has 0 aliphatic rings. The molecule has 0 aliphatic carbocycles. The summed E-state index contributed by atoms with van der Waals surface area (Å²) in [7, 11) is 0. The van der Waals surface area contributed by atoms with Crippen LogP contribution in [0, 0.1) is 19.7 Å². The maximum atomic E-state index is 13.2. The predicted molar refractivity (Wildman–Crippen MR) is 72.5 cm³/mol. The van der Waals surface area contributed by atoms with E-state index in [1.807, 2.05) is 13.8 Å². The van der Waals surface area contributed by atoms with Gasteiger partial charge in [-0.25, -0.2) is 14.4 Å². The van der Waals surface area contributed by atoms with Crippen LogP contribution >= 0.6 is 15.9 Å². The predicted octanol–water partition coefficient (Wildman–Crippen LogP) is 3.12. The highest BCUT2D eigenvalue weighted by Gasteiger charge is 2.10. The standard InChI is InChI=1S/C13H13BrFN3/c1-7-8(2)17-13(18-12(7)6-16)9-3-4-11(15)10(14)5-9/h3-5H,6,16H2,1-2H3. The number of nitrogens with zero attached hydrogens (tertiary/aromatic N) is 2. The van der Waals surface area contributed by atoms with Gasteiger partial charge in [-0.3, -0.25) is 0 Å². The van der Waals surface area contributed by atoms with Crippen LogP contribution in [0.25, 0.3) is 11.4 Å². The summed E-state index contributed by atoms with van der Waals surface area (Å²) >= 11 is 3.16. The molecule has 0 unspecified atom stereocenters.